The number of rotatable bonds is 7. The zero-order valence-electron chi connectivity index (χ0n) is 11.9. The summed E-state index contributed by atoms with van der Waals surface area (Å²) in [5, 5.41) is 7.41. The molecule has 0 aliphatic heterocycles. The second-order valence-electron chi connectivity index (χ2n) is 4.90. The van der Waals surface area contributed by atoms with Crippen molar-refractivity contribution in [2.24, 2.45) is 0 Å². The molecule has 0 spiro atoms. The van der Waals surface area contributed by atoms with Crippen LogP contribution in [0.1, 0.15) is 37.5 Å². The minimum atomic E-state index is 0.474. The van der Waals surface area contributed by atoms with Gasteiger partial charge in [-0.15, -0.1) is 0 Å². The van der Waals surface area contributed by atoms with Gasteiger partial charge in [0.05, 0.1) is 0 Å². The lowest BCUT2D eigenvalue weighted by Gasteiger charge is -2.09. The van der Waals surface area contributed by atoms with Crippen LogP contribution >= 0.6 is 15.9 Å². The normalized spacial score (nSPS) is 12.6. The minimum absolute atomic E-state index is 0.474. The molecule has 0 aliphatic carbocycles. The van der Waals surface area contributed by atoms with Gasteiger partial charge in [0, 0.05) is 23.4 Å². The third-order valence-corrected chi connectivity index (χ3v) is 3.66. The Bertz CT molecular complexity index is 524. The molecule has 0 amide bonds. The first-order chi connectivity index (χ1) is 9.67. The number of hydrogen-bond donors (Lipinski definition) is 1. The Balaban J connectivity index is 1.87. The fraction of sp³-hybridized carbons (Fsp3) is 0.467. The summed E-state index contributed by atoms with van der Waals surface area (Å²) in [5.74, 6) is 1.47. The molecular formula is C15H20BrN3O. The van der Waals surface area contributed by atoms with Crippen molar-refractivity contribution in [3.63, 3.8) is 0 Å². The first-order valence-electron chi connectivity index (χ1n) is 6.96. The molecule has 1 unspecified atom stereocenters. The van der Waals surface area contributed by atoms with Gasteiger partial charge in [0.2, 0.25) is 5.89 Å². The maximum Gasteiger partial charge on any atom is 0.226 e. The molecule has 20 heavy (non-hydrogen) atoms. The molecule has 0 aliphatic rings. The number of aromatic nitrogens is 2. The molecule has 1 heterocycles. The fourth-order valence-corrected chi connectivity index (χ4v) is 2.30. The Kier molecular flexibility index (Phi) is 5.73. The summed E-state index contributed by atoms with van der Waals surface area (Å²) < 4.78 is 6.37. The van der Waals surface area contributed by atoms with Crippen LogP contribution in [0.2, 0.25) is 0 Å². The lowest BCUT2D eigenvalue weighted by atomic mass is 10.1. The lowest BCUT2D eigenvalue weighted by Crippen LogP contribution is -2.25. The molecule has 4 nitrogen and oxygen atoms in total. The van der Waals surface area contributed by atoms with Gasteiger partial charge in [0.25, 0.3) is 0 Å². The zero-order chi connectivity index (χ0) is 14.4. The predicted octanol–water partition coefficient (Wildman–Crippen LogP) is 3.35. The summed E-state index contributed by atoms with van der Waals surface area (Å²) in [6, 6.07) is 8.64. The van der Waals surface area contributed by atoms with Crippen LogP contribution in [0.4, 0.5) is 0 Å². The second kappa shape index (κ2) is 7.55. The molecule has 1 atom stereocenters. The van der Waals surface area contributed by atoms with Gasteiger partial charge in [-0.3, -0.25) is 0 Å². The van der Waals surface area contributed by atoms with Gasteiger partial charge >= 0.3 is 0 Å². The van der Waals surface area contributed by atoms with Gasteiger partial charge in [-0.1, -0.05) is 40.1 Å². The number of hydrogen-bond acceptors (Lipinski definition) is 4. The van der Waals surface area contributed by atoms with Crippen LogP contribution in [-0.4, -0.2) is 22.7 Å². The van der Waals surface area contributed by atoms with Gasteiger partial charge in [0.1, 0.15) is 0 Å². The summed E-state index contributed by atoms with van der Waals surface area (Å²) in [4.78, 5) is 4.44. The maximum absolute atomic E-state index is 5.29. The highest BCUT2D eigenvalue weighted by molar-refractivity contribution is 9.10. The van der Waals surface area contributed by atoms with Crippen LogP contribution in [0, 0.1) is 0 Å². The molecule has 0 bridgehead atoms. The summed E-state index contributed by atoms with van der Waals surface area (Å²) in [5.41, 5.74) is 1.18. The van der Waals surface area contributed by atoms with Gasteiger partial charge < -0.3 is 9.84 Å². The summed E-state index contributed by atoms with van der Waals surface area (Å²) in [6.07, 6.45) is 2.54. The highest BCUT2D eigenvalue weighted by Crippen LogP contribution is 2.13. The van der Waals surface area contributed by atoms with Crippen LogP contribution in [0.15, 0.2) is 33.3 Å². The van der Waals surface area contributed by atoms with E-state index in [0.717, 1.165) is 35.6 Å². The molecule has 5 heteroatoms. The van der Waals surface area contributed by atoms with Crippen LogP contribution in [0.25, 0.3) is 0 Å². The number of halogens is 1. The van der Waals surface area contributed by atoms with Crippen LogP contribution in [0.5, 0.6) is 0 Å². The molecule has 2 aromatic rings. The van der Waals surface area contributed by atoms with E-state index in [4.69, 9.17) is 4.52 Å². The van der Waals surface area contributed by atoms with E-state index in [9.17, 15) is 0 Å². The monoisotopic (exact) mass is 337 g/mol. The van der Waals surface area contributed by atoms with Gasteiger partial charge in [-0.05, 0) is 37.6 Å². The minimum Gasteiger partial charge on any atom is -0.339 e. The van der Waals surface area contributed by atoms with Crippen LogP contribution in [0.3, 0.4) is 0 Å². The van der Waals surface area contributed by atoms with Crippen molar-refractivity contribution < 1.29 is 4.52 Å². The average molecular weight is 338 g/mol. The molecule has 0 saturated heterocycles. The molecule has 1 aromatic heterocycles. The molecule has 108 valence electrons. The van der Waals surface area contributed by atoms with E-state index in [1.54, 1.807) is 0 Å². The van der Waals surface area contributed by atoms with Crippen molar-refractivity contribution in [2.45, 2.75) is 39.2 Å². The highest BCUT2D eigenvalue weighted by atomic mass is 79.9. The number of benzene rings is 1. The van der Waals surface area contributed by atoms with E-state index in [-0.39, 0.29) is 0 Å². The Labute approximate surface area is 128 Å². The Morgan fingerprint density at radius 3 is 2.75 bits per heavy atom. The first-order valence-corrected chi connectivity index (χ1v) is 7.76. The molecular weight excluding hydrogens is 318 g/mol. The third-order valence-electron chi connectivity index (χ3n) is 3.13. The van der Waals surface area contributed by atoms with Gasteiger partial charge in [-0.2, -0.15) is 4.98 Å². The van der Waals surface area contributed by atoms with E-state index >= 15 is 0 Å². The van der Waals surface area contributed by atoms with Gasteiger partial charge in [-0.25, -0.2) is 0 Å². The summed E-state index contributed by atoms with van der Waals surface area (Å²) in [6.45, 7) is 5.27. The Morgan fingerprint density at radius 1 is 1.30 bits per heavy atom. The van der Waals surface area contributed by atoms with E-state index < -0.39 is 0 Å². The lowest BCUT2D eigenvalue weighted by molar-refractivity contribution is 0.363. The Morgan fingerprint density at radius 2 is 2.05 bits per heavy atom. The second-order valence-corrected chi connectivity index (χ2v) is 5.82. The molecule has 0 radical (unpaired) electrons. The van der Waals surface area contributed by atoms with Gasteiger partial charge in [0.15, 0.2) is 5.82 Å². The molecule has 0 fully saturated rings. The molecule has 2 rings (SSSR count). The average Bonchev–Trinajstić information content (AvgIpc) is 2.87. The van der Waals surface area contributed by atoms with E-state index in [1.165, 1.54) is 5.56 Å². The first kappa shape index (κ1) is 15.2. The number of nitrogens with zero attached hydrogens (tertiary/aromatic N) is 2. The Hall–Kier alpha value is -1.20. The summed E-state index contributed by atoms with van der Waals surface area (Å²) >= 11 is 3.43. The van der Waals surface area contributed by atoms with Crippen molar-refractivity contribution in [1.29, 1.82) is 0 Å². The maximum atomic E-state index is 5.29. The van der Waals surface area contributed by atoms with E-state index in [0.29, 0.717) is 12.5 Å². The smallest absolute Gasteiger partial charge is 0.226 e. The number of nitrogens with one attached hydrogen (secondary N) is 1. The van der Waals surface area contributed by atoms with Crippen molar-refractivity contribution in [3.8, 4) is 0 Å². The van der Waals surface area contributed by atoms with Crippen molar-refractivity contribution in [1.82, 2.24) is 15.5 Å². The van der Waals surface area contributed by atoms with Crippen molar-refractivity contribution in [3.05, 3.63) is 46.0 Å². The molecule has 0 saturated carbocycles. The standard InChI is InChI=1S/C15H20BrN3O/c1-3-17-11(2)4-9-15-18-14(19-20-15)10-12-5-7-13(16)8-6-12/h5-8,11,17H,3-4,9-10H2,1-2H3. The highest BCUT2D eigenvalue weighted by Gasteiger charge is 2.09. The topological polar surface area (TPSA) is 51.0 Å². The van der Waals surface area contributed by atoms with Crippen LogP contribution in [-0.2, 0) is 12.8 Å². The van der Waals surface area contributed by atoms with E-state index in [1.807, 2.05) is 12.1 Å². The molecule has 1 aromatic carbocycles. The SMILES string of the molecule is CCNC(C)CCc1nc(Cc2ccc(Br)cc2)no1. The molecule has 1 N–H and O–H groups in total. The third kappa shape index (κ3) is 4.72. The van der Waals surface area contributed by atoms with Crippen molar-refractivity contribution >= 4 is 15.9 Å². The fourth-order valence-electron chi connectivity index (χ4n) is 2.04. The largest absolute Gasteiger partial charge is 0.339 e. The van der Waals surface area contributed by atoms with Crippen LogP contribution < -0.4 is 5.32 Å². The quantitative estimate of drug-likeness (QED) is 0.841. The van der Waals surface area contributed by atoms with E-state index in [2.05, 4.69) is 57.4 Å². The predicted molar refractivity (Wildman–Crippen MR) is 82.7 cm³/mol. The number of aryl methyl sites for hydroxylation is 1. The zero-order valence-corrected chi connectivity index (χ0v) is 13.5. The van der Waals surface area contributed by atoms with Crippen molar-refractivity contribution in [2.75, 3.05) is 6.54 Å². The summed E-state index contributed by atoms with van der Waals surface area (Å²) in [7, 11) is 0.